The molecule has 1 rings (SSSR count). The Morgan fingerprint density at radius 1 is 0.857 bits per heavy atom. The van der Waals surface area contributed by atoms with Gasteiger partial charge >= 0.3 is 7.25 Å². The Morgan fingerprint density at radius 2 is 1.29 bits per heavy atom. The van der Waals surface area contributed by atoms with Crippen LogP contribution in [0.4, 0.5) is 17.3 Å². The molecule has 0 unspecified atom stereocenters. The lowest BCUT2D eigenvalue weighted by molar-refractivity contribution is -0.697. The van der Waals surface area contributed by atoms with Gasteiger partial charge in [-0.1, -0.05) is 39.0 Å². The smallest absolute Gasteiger partial charge is 0.418 e. The first kappa shape index (κ1) is 19.9. The van der Waals surface area contributed by atoms with Crippen LogP contribution in [0, 0.1) is 6.92 Å². The zero-order valence-corrected chi connectivity index (χ0v) is 13.0. The van der Waals surface area contributed by atoms with Gasteiger partial charge < -0.3 is 17.3 Å². The topological polar surface area (TPSA) is 3.88 Å². The molecule has 6 heteroatoms. The van der Waals surface area contributed by atoms with Gasteiger partial charge in [0, 0.05) is 18.6 Å². The third-order valence-electron chi connectivity index (χ3n) is 3.08. The molecule has 0 saturated heterocycles. The summed E-state index contributed by atoms with van der Waals surface area (Å²) >= 11 is 0. The van der Waals surface area contributed by atoms with E-state index in [9.17, 15) is 17.3 Å². The highest BCUT2D eigenvalue weighted by atomic mass is 19.5. The number of pyridine rings is 1. The maximum absolute atomic E-state index is 9.75. The van der Waals surface area contributed by atoms with Crippen molar-refractivity contribution in [3.63, 3.8) is 0 Å². The molecule has 0 aliphatic carbocycles. The number of hydrogen-bond donors (Lipinski definition) is 0. The predicted octanol–water partition coefficient (Wildman–Crippen LogP) is 5.33. The first-order valence-electron chi connectivity index (χ1n) is 7.66. The number of hydrogen-bond acceptors (Lipinski definition) is 0. The lowest BCUT2D eigenvalue weighted by Crippen LogP contribution is -2.32. The third-order valence-corrected chi connectivity index (χ3v) is 3.08. The van der Waals surface area contributed by atoms with Crippen molar-refractivity contribution in [3.05, 3.63) is 30.1 Å². The molecular weight excluding hydrogens is 281 g/mol. The quantitative estimate of drug-likeness (QED) is 0.264. The fraction of sp³-hybridized carbons (Fsp3) is 0.667. The van der Waals surface area contributed by atoms with Crippen molar-refractivity contribution >= 4 is 7.25 Å². The summed E-state index contributed by atoms with van der Waals surface area (Å²) in [6, 6.07) is 4.36. The van der Waals surface area contributed by atoms with E-state index in [2.05, 4.69) is 42.9 Å². The van der Waals surface area contributed by atoms with Crippen LogP contribution in [0.25, 0.3) is 0 Å². The van der Waals surface area contributed by atoms with Crippen LogP contribution >= 0.6 is 0 Å². The van der Waals surface area contributed by atoms with E-state index in [1.807, 2.05) is 0 Å². The van der Waals surface area contributed by atoms with Crippen LogP contribution in [0.3, 0.4) is 0 Å². The van der Waals surface area contributed by atoms with E-state index in [4.69, 9.17) is 0 Å². The lowest BCUT2D eigenvalue weighted by atomic mass is 10.1. The van der Waals surface area contributed by atoms with Crippen LogP contribution in [-0.4, -0.2) is 7.25 Å². The summed E-state index contributed by atoms with van der Waals surface area (Å²) in [5.41, 5.74) is 1.34. The van der Waals surface area contributed by atoms with Gasteiger partial charge in [-0.3, -0.25) is 0 Å². The number of aryl methyl sites for hydroxylation is 2. The first-order chi connectivity index (χ1) is 9.83. The Kier molecular flexibility index (Phi) is 11.0. The Balaban J connectivity index is 0.000000690. The van der Waals surface area contributed by atoms with E-state index in [0.29, 0.717) is 0 Å². The summed E-state index contributed by atoms with van der Waals surface area (Å²) in [5, 5.41) is 0. The van der Waals surface area contributed by atoms with Crippen molar-refractivity contribution < 1.29 is 21.8 Å². The van der Waals surface area contributed by atoms with Crippen molar-refractivity contribution in [3.8, 4) is 0 Å². The largest absolute Gasteiger partial charge is 0.673 e. The van der Waals surface area contributed by atoms with E-state index >= 15 is 0 Å². The summed E-state index contributed by atoms with van der Waals surface area (Å²) in [6.07, 6.45) is 14.1. The minimum atomic E-state index is -6.00. The second kappa shape index (κ2) is 11.6. The fourth-order valence-electron chi connectivity index (χ4n) is 1.93. The second-order valence-corrected chi connectivity index (χ2v) is 5.23. The average Bonchev–Trinajstić information content (AvgIpc) is 2.38. The van der Waals surface area contributed by atoms with Crippen LogP contribution in [-0.2, 0) is 6.54 Å². The van der Waals surface area contributed by atoms with E-state index in [-0.39, 0.29) is 0 Å². The van der Waals surface area contributed by atoms with Crippen LogP contribution in [0.1, 0.15) is 57.4 Å². The molecular formula is C15H26BF4N. The van der Waals surface area contributed by atoms with E-state index in [1.54, 1.807) is 0 Å². The van der Waals surface area contributed by atoms with Crippen molar-refractivity contribution in [1.82, 2.24) is 0 Å². The van der Waals surface area contributed by atoms with E-state index < -0.39 is 7.25 Å². The molecule has 1 aromatic heterocycles. The lowest BCUT2D eigenvalue weighted by Gasteiger charge is -1.99. The standard InChI is InChI=1S/C15H26N.BF4/c1-3-4-5-6-7-8-9-12-16-13-10-15(2)11-14-16;2-1(3,4)5/h10-11,13-14H,3-9,12H2,1-2H3;/q+1;-1. The van der Waals surface area contributed by atoms with Gasteiger partial charge in [0.15, 0.2) is 12.4 Å². The molecule has 21 heavy (non-hydrogen) atoms. The zero-order chi connectivity index (χ0) is 16.1. The third kappa shape index (κ3) is 16.9. The average molecular weight is 307 g/mol. The Bertz CT molecular complexity index is 346. The van der Waals surface area contributed by atoms with Gasteiger partial charge in [0.05, 0.1) is 0 Å². The van der Waals surface area contributed by atoms with Gasteiger partial charge in [0.2, 0.25) is 0 Å². The molecule has 0 bridgehead atoms. The van der Waals surface area contributed by atoms with Crippen LogP contribution in [0.15, 0.2) is 24.5 Å². The first-order valence-corrected chi connectivity index (χ1v) is 7.66. The van der Waals surface area contributed by atoms with Crippen molar-refractivity contribution in [2.45, 2.75) is 65.3 Å². The van der Waals surface area contributed by atoms with Gasteiger partial charge in [-0.05, 0) is 18.9 Å². The molecule has 0 saturated carbocycles. The van der Waals surface area contributed by atoms with Crippen LogP contribution < -0.4 is 4.57 Å². The molecule has 0 amide bonds. The predicted molar refractivity (Wildman–Crippen MR) is 79.6 cm³/mol. The van der Waals surface area contributed by atoms with E-state index in [0.717, 1.165) is 0 Å². The normalized spacial score (nSPS) is 11.0. The van der Waals surface area contributed by atoms with Gasteiger partial charge in [-0.25, -0.2) is 4.57 Å². The van der Waals surface area contributed by atoms with Gasteiger partial charge in [0.25, 0.3) is 0 Å². The summed E-state index contributed by atoms with van der Waals surface area (Å²) < 4.78 is 41.3. The van der Waals surface area contributed by atoms with Gasteiger partial charge in [-0.2, -0.15) is 0 Å². The molecule has 1 nitrogen and oxygen atoms in total. The molecule has 122 valence electrons. The molecule has 0 aliphatic rings. The molecule has 1 aromatic rings. The number of rotatable bonds is 8. The molecule has 0 fully saturated rings. The fourth-order valence-corrected chi connectivity index (χ4v) is 1.93. The Labute approximate surface area is 125 Å². The molecule has 0 aromatic carbocycles. The molecule has 0 aliphatic heterocycles. The molecule has 0 spiro atoms. The highest BCUT2D eigenvalue weighted by Gasteiger charge is 2.20. The Morgan fingerprint density at radius 3 is 1.76 bits per heavy atom. The second-order valence-electron chi connectivity index (χ2n) is 5.23. The maximum atomic E-state index is 9.75. The minimum absolute atomic E-state index is 1.17. The van der Waals surface area contributed by atoms with Crippen LogP contribution in [0.5, 0.6) is 0 Å². The zero-order valence-electron chi connectivity index (χ0n) is 13.0. The highest BCUT2D eigenvalue weighted by Crippen LogP contribution is 2.07. The van der Waals surface area contributed by atoms with Gasteiger partial charge in [0.1, 0.15) is 6.54 Å². The Hall–Kier alpha value is -1.07. The van der Waals surface area contributed by atoms with Gasteiger partial charge in [-0.15, -0.1) is 0 Å². The van der Waals surface area contributed by atoms with E-state index in [1.165, 1.54) is 57.1 Å². The maximum Gasteiger partial charge on any atom is 0.673 e. The summed E-state index contributed by atoms with van der Waals surface area (Å²) in [5.74, 6) is 0. The van der Waals surface area contributed by atoms with Crippen molar-refractivity contribution in [1.29, 1.82) is 0 Å². The van der Waals surface area contributed by atoms with Crippen LogP contribution in [0.2, 0.25) is 0 Å². The van der Waals surface area contributed by atoms with Crippen molar-refractivity contribution in [2.24, 2.45) is 0 Å². The number of halogens is 4. The SMILES string of the molecule is CCCCCCCCC[n+]1ccc(C)cc1.F[B-](F)(F)F. The highest BCUT2D eigenvalue weighted by molar-refractivity contribution is 6.50. The summed E-state index contributed by atoms with van der Waals surface area (Å²) in [4.78, 5) is 0. The monoisotopic (exact) mass is 307 g/mol. The molecule has 0 atom stereocenters. The number of nitrogens with zero attached hydrogens (tertiary/aromatic N) is 1. The molecule has 0 radical (unpaired) electrons. The number of unbranched alkanes of at least 4 members (excludes halogenated alkanes) is 6. The summed E-state index contributed by atoms with van der Waals surface area (Å²) in [7, 11) is -6.00. The summed E-state index contributed by atoms with van der Waals surface area (Å²) in [6.45, 7) is 5.58. The number of aromatic nitrogens is 1. The van der Waals surface area contributed by atoms with Crippen molar-refractivity contribution in [2.75, 3.05) is 0 Å². The minimum Gasteiger partial charge on any atom is -0.418 e. The molecule has 0 N–H and O–H groups in total. The molecule has 1 heterocycles.